The van der Waals surface area contributed by atoms with Gasteiger partial charge in [-0.15, -0.1) is 0 Å². The lowest BCUT2D eigenvalue weighted by atomic mass is 9.82. The molecule has 3 aliphatic heterocycles. The third kappa shape index (κ3) is 6.27. The molecule has 2 saturated heterocycles. The van der Waals surface area contributed by atoms with Gasteiger partial charge >= 0.3 is 0 Å². The van der Waals surface area contributed by atoms with Crippen LogP contribution in [0.5, 0.6) is 0 Å². The maximum Gasteiger partial charge on any atom is 0.264 e. The van der Waals surface area contributed by atoms with Crippen LogP contribution in [-0.4, -0.2) is 66.6 Å². The van der Waals surface area contributed by atoms with Gasteiger partial charge in [-0.05, 0) is 55.3 Å². The normalized spacial score (nSPS) is 24.2. The Labute approximate surface area is 277 Å². The number of carbonyl (C=O) groups excluding carboxylic acids is 3. The number of fused-ring (bicyclic) bond motifs is 2. The molecule has 3 amide bonds. The highest BCUT2D eigenvalue weighted by Gasteiger charge is 2.66. The molecule has 1 spiro atoms. The Bertz CT molecular complexity index is 1610. The van der Waals surface area contributed by atoms with E-state index in [1.54, 1.807) is 9.80 Å². The summed E-state index contributed by atoms with van der Waals surface area (Å²) in [5, 5.41) is 9.78. The summed E-state index contributed by atoms with van der Waals surface area (Å²) in [5.74, 6) is -0.641. The van der Waals surface area contributed by atoms with E-state index < -0.39 is 31.5 Å². The number of anilines is 2. The van der Waals surface area contributed by atoms with Crippen molar-refractivity contribution in [3.8, 4) is 0 Å². The third-order valence-electron chi connectivity index (χ3n) is 10.1. The van der Waals surface area contributed by atoms with Crippen molar-refractivity contribution in [1.82, 2.24) is 4.90 Å². The zero-order chi connectivity index (χ0) is 33.3. The first-order chi connectivity index (χ1) is 22.5. The second kappa shape index (κ2) is 13.3. The van der Waals surface area contributed by atoms with Gasteiger partial charge in [0.2, 0.25) is 11.8 Å². The second-order valence-corrected chi connectivity index (χ2v) is 17.6. The van der Waals surface area contributed by atoms with Crippen LogP contribution in [0.25, 0.3) is 0 Å². The lowest BCUT2D eigenvalue weighted by molar-refractivity contribution is -0.150. The summed E-state index contributed by atoms with van der Waals surface area (Å²) in [6, 6.07) is 25.1. The number of aliphatic hydroxyl groups is 1. The van der Waals surface area contributed by atoms with Gasteiger partial charge in [-0.2, -0.15) is 0 Å². The van der Waals surface area contributed by atoms with Crippen molar-refractivity contribution >= 4 is 37.4 Å². The molecule has 10 heteroatoms. The summed E-state index contributed by atoms with van der Waals surface area (Å²) in [7, 11) is -2.96. The van der Waals surface area contributed by atoms with Gasteiger partial charge in [0.1, 0.15) is 0 Å². The standard InChI is InChI=1S/C37H45N3O6Si/c1-26-35(47(2,3)45)32(23-34(43)38(21-22-41)24-27-11-5-4-6-12-27)46-37(26)30-13-7-8-14-31(30)40(36(37)44)25-28-16-18-29(19-17-28)39-20-10-9-15-33(39)42/h4-8,11-14,16-19,26,32,35,41,45H,9-10,15,20-25H2,1-3H3/t26-,32+,35-,37+/m0/s1. The first-order valence-corrected chi connectivity index (χ1v) is 19.7. The Morgan fingerprint density at radius 2 is 1.68 bits per heavy atom. The van der Waals surface area contributed by atoms with Gasteiger partial charge in [0.05, 0.1) is 31.4 Å². The molecule has 2 fully saturated rings. The minimum atomic E-state index is -2.96. The van der Waals surface area contributed by atoms with Crippen LogP contribution in [0.15, 0.2) is 78.9 Å². The Morgan fingerprint density at radius 3 is 2.36 bits per heavy atom. The van der Waals surface area contributed by atoms with Crippen LogP contribution in [-0.2, 0) is 37.8 Å². The maximum atomic E-state index is 14.7. The lowest BCUT2D eigenvalue weighted by Crippen LogP contribution is -2.46. The van der Waals surface area contributed by atoms with E-state index in [-0.39, 0.29) is 37.3 Å². The number of hydrogen-bond donors (Lipinski definition) is 2. The van der Waals surface area contributed by atoms with Crippen molar-refractivity contribution in [1.29, 1.82) is 0 Å². The quantitative estimate of drug-likeness (QED) is 0.299. The number of benzene rings is 3. The molecule has 248 valence electrons. The molecule has 0 aromatic heterocycles. The van der Waals surface area contributed by atoms with Gasteiger partial charge in [-0.1, -0.05) is 67.6 Å². The molecule has 3 aromatic rings. The summed E-state index contributed by atoms with van der Waals surface area (Å²) in [6.45, 7) is 7.04. The number of rotatable bonds is 10. The zero-order valence-corrected chi connectivity index (χ0v) is 28.5. The molecule has 0 radical (unpaired) electrons. The van der Waals surface area contributed by atoms with E-state index in [9.17, 15) is 24.3 Å². The van der Waals surface area contributed by atoms with E-state index in [1.165, 1.54) is 0 Å². The fourth-order valence-corrected chi connectivity index (χ4v) is 10.5. The van der Waals surface area contributed by atoms with Crippen LogP contribution in [0, 0.1) is 5.92 Å². The lowest BCUT2D eigenvalue weighted by Gasteiger charge is -2.32. The smallest absolute Gasteiger partial charge is 0.264 e. The van der Waals surface area contributed by atoms with E-state index in [0.717, 1.165) is 40.9 Å². The summed E-state index contributed by atoms with van der Waals surface area (Å²) < 4.78 is 6.86. The predicted molar refractivity (Wildman–Crippen MR) is 183 cm³/mol. The number of piperidine rings is 1. The van der Waals surface area contributed by atoms with E-state index in [0.29, 0.717) is 26.1 Å². The number of aliphatic hydroxyl groups excluding tert-OH is 1. The van der Waals surface area contributed by atoms with Crippen LogP contribution >= 0.6 is 0 Å². The highest BCUT2D eigenvalue weighted by Crippen LogP contribution is 2.59. The molecule has 0 saturated carbocycles. The topological polar surface area (TPSA) is 111 Å². The van der Waals surface area contributed by atoms with Crippen molar-refractivity contribution in [3.63, 3.8) is 0 Å². The van der Waals surface area contributed by atoms with Gasteiger partial charge in [0.25, 0.3) is 5.91 Å². The highest BCUT2D eigenvalue weighted by atomic mass is 28.4. The van der Waals surface area contributed by atoms with E-state index >= 15 is 0 Å². The second-order valence-electron chi connectivity index (χ2n) is 13.7. The number of amides is 3. The van der Waals surface area contributed by atoms with Crippen LogP contribution < -0.4 is 9.80 Å². The van der Waals surface area contributed by atoms with Crippen LogP contribution in [0.4, 0.5) is 11.4 Å². The molecule has 6 rings (SSSR count). The highest BCUT2D eigenvalue weighted by molar-refractivity contribution is 6.71. The first-order valence-electron chi connectivity index (χ1n) is 16.7. The van der Waals surface area contributed by atoms with Gasteiger partial charge in [-0.25, -0.2) is 0 Å². The van der Waals surface area contributed by atoms with Crippen LogP contribution in [0.1, 0.15) is 49.3 Å². The fraction of sp³-hybridized carbons (Fsp3) is 0.432. The van der Waals surface area contributed by atoms with Gasteiger partial charge in [0.15, 0.2) is 13.9 Å². The third-order valence-corrected chi connectivity index (χ3v) is 12.6. The zero-order valence-electron chi connectivity index (χ0n) is 27.5. The molecule has 3 aliphatic rings. The average molecular weight is 656 g/mol. The molecule has 0 unspecified atom stereocenters. The molecule has 0 aliphatic carbocycles. The molecule has 3 aromatic carbocycles. The maximum absolute atomic E-state index is 14.7. The van der Waals surface area contributed by atoms with E-state index in [4.69, 9.17) is 4.74 Å². The molecule has 2 N–H and O–H groups in total. The molecule has 9 nitrogen and oxygen atoms in total. The Morgan fingerprint density at radius 1 is 0.979 bits per heavy atom. The molecular formula is C37H45N3O6Si. The summed E-state index contributed by atoms with van der Waals surface area (Å²) >= 11 is 0. The monoisotopic (exact) mass is 655 g/mol. The first kappa shape index (κ1) is 33.1. The summed E-state index contributed by atoms with van der Waals surface area (Å²) in [5.41, 5.74) is 2.51. The Balaban J connectivity index is 1.28. The fourth-order valence-electron chi connectivity index (χ4n) is 7.95. The van der Waals surface area contributed by atoms with E-state index in [2.05, 4.69) is 0 Å². The Kier molecular flexibility index (Phi) is 9.40. The molecule has 3 heterocycles. The number of nitrogens with zero attached hydrogens (tertiary/aromatic N) is 3. The van der Waals surface area contributed by atoms with E-state index in [1.807, 2.05) is 104 Å². The number of carbonyl (C=O) groups is 3. The minimum absolute atomic E-state index is 0.00723. The van der Waals surface area contributed by atoms with Gasteiger partial charge < -0.3 is 29.3 Å². The predicted octanol–water partition coefficient (Wildman–Crippen LogP) is 4.96. The number of ether oxygens (including phenoxy) is 1. The average Bonchev–Trinajstić information content (AvgIpc) is 3.48. The molecule has 4 atom stereocenters. The SMILES string of the molecule is C[C@H]1[C@H]([Si](C)(C)O)[C@@H](CC(=O)N(CCO)Cc2ccccc2)O[C@]12C(=O)N(Cc1ccc(N3CCCCC3=O)cc1)c1ccccc12. The van der Waals surface area contributed by atoms with Gasteiger partial charge in [-0.3, -0.25) is 14.4 Å². The van der Waals surface area contributed by atoms with Crippen molar-refractivity contribution in [2.24, 2.45) is 5.92 Å². The van der Waals surface area contributed by atoms with Gasteiger partial charge in [0, 0.05) is 48.8 Å². The number of hydrogen-bond acceptors (Lipinski definition) is 6. The summed E-state index contributed by atoms with van der Waals surface area (Å²) in [6.07, 6.45) is 1.79. The van der Waals surface area contributed by atoms with Crippen molar-refractivity contribution in [2.75, 3.05) is 29.5 Å². The van der Waals surface area contributed by atoms with Crippen molar-refractivity contribution in [2.45, 2.75) is 76.0 Å². The molecule has 0 bridgehead atoms. The number of para-hydroxylation sites is 1. The summed E-state index contributed by atoms with van der Waals surface area (Å²) in [4.78, 5) is 57.8. The molecule has 47 heavy (non-hydrogen) atoms. The van der Waals surface area contributed by atoms with Crippen LogP contribution in [0.2, 0.25) is 18.6 Å². The van der Waals surface area contributed by atoms with Crippen LogP contribution in [0.3, 0.4) is 0 Å². The molecular weight excluding hydrogens is 611 g/mol. The Hall–Kier alpha value is -3.83. The minimum Gasteiger partial charge on any atom is -0.432 e. The van der Waals surface area contributed by atoms with Crippen molar-refractivity contribution < 1.29 is 29.0 Å². The largest absolute Gasteiger partial charge is 0.432 e. The van der Waals surface area contributed by atoms with Crippen molar-refractivity contribution in [3.05, 3.63) is 95.6 Å².